The van der Waals surface area contributed by atoms with Gasteiger partial charge in [0.1, 0.15) is 0 Å². The number of nitrogens with one attached hydrogen (secondary N) is 1. The van der Waals surface area contributed by atoms with Gasteiger partial charge in [0, 0.05) is 26.2 Å². The molecule has 0 spiro atoms. The Hall–Kier alpha value is -1.91. The minimum Gasteiger partial charge on any atom is -0.345 e. The number of aromatic nitrogens is 1. The first-order valence-electron chi connectivity index (χ1n) is 5.11. The lowest BCUT2D eigenvalue weighted by Crippen LogP contribution is -2.25. The molecule has 1 N–H and O–H groups in total. The Bertz CT molecular complexity index is 405. The molecule has 1 saturated heterocycles. The molecule has 1 fully saturated rings. The van der Waals surface area contributed by atoms with Crippen LogP contribution in [0, 0.1) is 5.92 Å². The molecule has 2 amide bonds. The second-order valence-electron chi connectivity index (χ2n) is 3.91. The molecule has 2 rings (SSSR count). The summed E-state index contributed by atoms with van der Waals surface area (Å²) in [5.41, 5.74) is 0.662. The number of carbonyl (C=O) groups excluding carboxylic acids is 2. The van der Waals surface area contributed by atoms with Crippen LogP contribution < -0.4 is 5.32 Å². The van der Waals surface area contributed by atoms with E-state index in [4.69, 9.17) is 0 Å². The number of hydrogen-bond donors (Lipinski definition) is 1. The van der Waals surface area contributed by atoms with Crippen molar-refractivity contribution in [3.63, 3.8) is 0 Å². The van der Waals surface area contributed by atoms with E-state index in [0.29, 0.717) is 18.7 Å². The van der Waals surface area contributed by atoms with Gasteiger partial charge in [-0.2, -0.15) is 0 Å². The summed E-state index contributed by atoms with van der Waals surface area (Å²) in [6.07, 6.45) is 3.52. The fourth-order valence-corrected chi connectivity index (χ4v) is 1.72. The van der Waals surface area contributed by atoms with Crippen molar-refractivity contribution in [2.24, 2.45) is 5.92 Å². The van der Waals surface area contributed by atoms with Crippen LogP contribution in [0.1, 0.15) is 6.42 Å². The topological polar surface area (TPSA) is 62.3 Å². The molecule has 1 unspecified atom stereocenters. The van der Waals surface area contributed by atoms with Crippen molar-refractivity contribution < 1.29 is 9.59 Å². The van der Waals surface area contributed by atoms with Crippen LogP contribution in [0.15, 0.2) is 24.5 Å². The highest BCUT2D eigenvalue weighted by atomic mass is 16.2. The Morgan fingerprint density at radius 1 is 1.62 bits per heavy atom. The summed E-state index contributed by atoms with van der Waals surface area (Å²) >= 11 is 0. The summed E-state index contributed by atoms with van der Waals surface area (Å²) in [7, 11) is 1.71. The van der Waals surface area contributed by atoms with Crippen molar-refractivity contribution in [3.05, 3.63) is 24.5 Å². The number of amides is 2. The van der Waals surface area contributed by atoms with E-state index in [9.17, 15) is 9.59 Å². The third-order valence-corrected chi connectivity index (χ3v) is 2.64. The summed E-state index contributed by atoms with van der Waals surface area (Å²) in [4.78, 5) is 28.5. The smallest absolute Gasteiger partial charge is 0.229 e. The van der Waals surface area contributed by atoms with Gasteiger partial charge in [0.25, 0.3) is 0 Å². The minimum absolute atomic E-state index is 0.0198. The number of hydrogen-bond acceptors (Lipinski definition) is 3. The lowest BCUT2D eigenvalue weighted by atomic mass is 10.1. The van der Waals surface area contributed by atoms with E-state index in [1.54, 1.807) is 36.5 Å². The van der Waals surface area contributed by atoms with Gasteiger partial charge < -0.3 is 10.2 Å². The Labute approximate surface area is 93.5 Å². The van der Waals surface area contributed by atoms with Gasteiger partial charge in [0.2, 0.25) is 11.8 Å². The standard InChI is InChI=1S/C11H13N3O2/c1-14-7-8(5-10(14)15)11(16)13-9-3-2-4-12-6-9/h2-4,6,8H,5,7H2,1H3,(H,13,16). The van der Waals surface area contributed by atoms with Gasteiger partial charge >= 0.3 is 0 Å². The van der Waals surface area contributed by atoms with E-state index >= 15 is 0 Å². The van der Waals surface area contributed by atoms with E-state index < -0.39 is 0 Å². The molecule has 0 aliphatic carbocycles. The molecule has 1 aromatic heterocycles. The van der Waals surface area contributed by atoms with E-state index in [2.05, 4.69) is 10.3 Å². The van der Waals surface area contributed by atoms with Crippen LogP contribution in [-0.4, -0.2) is 35.3 Å². The van der Waals surface area contributed by atoms with Crippen LogP contribution in [0.4, 0.5) is 5.69 Å². The Morgan fingerprint density at radius 3 is 3.00 bits per heavy atom. The van der Waals surface area contributed by atoms with Crippen LogP contribution in [0.3, 0.4) is 0 Å². The summed E-state index contributed by atoms with van der Waals surface area (Å²) in [6.45, 7) is 0.491. The maximum atomic E-state index is 11.8. The fraction of sp³-hybridized carbons (Fsp3) is 0.364. The summed E-state index contributed by atoms with van der Waals surface area (Å²) in [6, 6.07) is 3.52. The molecule has 1 atom stereocenters. The largest absolute Gasteiger partial charge is 0.345 e. The number of carbonyl (C=O) groups is 2. The average molecular weight is 219 g/mol. The first-order valence-corrected chi connectivity index (χ1v) is 5.11. The fourth-order valence-electron chi connectivity index (χ4n) is 1.72. The number of rotatable bonds is 2. The molecule has 84 valence electrons. The quantitative estimate of drug-likeness (QED) is 0.787. The third kappa shape index (κ3) is 2.18. The summed E-state index contributed by atoms with van der Waals surface area (Å²) in [5.74, 6) is -0.352. The van der Waals surface area contributed by atoms with Gasteiger partial charge in [0.05, 0.1) is 17.8 Å². The normalized spacial score (nSPS) is 19.9. The summed E-state index contributed by atoms with van der Waals surface area (Å²) in [5, 5.41) is 2.74. The lowest BCUT2D eigenvalue weighted by molar-refractivity contribution is -0.127. The predicted octanol–water partition coefficient (Wildman–Crippen LogP) is 0.498. The molecule has 0 radical (unpaired) electrons. The predicted molar refractivity (Wildman–Crippen MR) is 58.6 cm³/mol. The molecular weight excluding hydrogens is 206 g/mol. The molecule has 5 heteroatoms. The van der Waals surface area contributed by atoms with Gasteiger partial charge in [0.15, 0.2) is 0 Å². The molecule has 2 heterocycles. The van der Waals surface area contributed by atoms with E-state index in [-0.39, 0.29) is 17.7 Å². The minimum atomic E-state index is -0.252. The molecule has 1 aliphatic heterocycles. The van der Waals surface area contributed by atoms with Crippen LogP contribution in [0.5, 0.6) is 0 Å². The molecule has 1 aromatic rings. The summed E-state index contributed by atoms with van der Waals surface area (Å²) < 4.78 is 0. The van der Waals surface area contributed by atoms with E-state index in [1.165, 1.54) is 0 Å². The number of likely N-dealkylation sites (tertiary alicyclic amines) is 1. The third-order valence-electron chi connectivity index (χ3n) is 2.64. The van der Waals surface area contributed by atoms with Crippen molar-refractivity contribution in [1.82, 2.24) is 9.88 Å². The lowest BCUT2D eigenvalue weighted by Gasteiger charge is -2.10. The average Bonchev–Trinajstić information content (AvgIpc) is 2.61. The van der Waals surface area contributed by atoms with Crippen LogP contribution in [-0.2, 0) is 9.59 Å². The first kappa shape index (κ1) is 10.6. The molecule has 1 aliphatic rings. The van der Waals surface area contributed by atoms with Gasteiger partial charge in [-0.25, -0.2) is 0 Å². The first-order chi connectivity index (χ1) is 7.66. The van der Waals surface area contributed by atoms with Gasteiger partial charge in [-0.15, -0.1) is 0 Å². The van der Waals surface area contributed by atoms with Crippen LogP contribution in [0.2, 0.25) is 0 Å². The second-order valence-corrected chi connectivity index (χ2v) is 3.91. The second kappa shape index (κ2) is 4.30. The zero-order valence-electron chi connectivity index (χ0n) is 9.01. The Balaban J connectivity index is 1.97. The molecular formula is C11H13N3O2. The number of nitrogens with zero attached hydrogens (tertiary/aromatic N) is 2. The molecule has 5 nitrogen and oxygen atoms in total. The zero-order chi connectivity index (χ0) is 11.5. The molecule has 0 aromatic carbocycles. The molecule has 0 bridgehead atoms. The highest BCUT2D eigenvalue weighted by Crippen LogP contribution is 2.17. The maximum absolute atomic E-state index is 11.8. The van der Waals surface area contributed by atoms with Crippen molar-refractivity contribution in [2.45, 2.75) is 6.42 Å². The zero-order valence-corrected chi connectivity index (χ0v) is 9.01. The van der Waals surface area contributed by atoms with Crippen LogP contribution >= 0.6 is 0 Å². The van der Waals surface area contributed by atoms with Crippen LogP contribution in [0.25, 0.3) is 0 Å². The van der Waals surface area contributed by atoms with E-state index in [1.807, 2.05) is 0 Å². The monoisotopic (exact) mass is 219 g/mol. The van der Waals surface area contributed by atoms with Crippen molar-refractivity contribution >= 4 is 17.5 Å². The van der Waals surface area contributed by atoms with Crippen molar-refractivity contribution in [3.8, 4) is 0 Å². The molecule has 16 heavy (non-hydrogen) atoms. The van der Waals surface area contributed by atoms with Crippen molar-refractivity contribution in [2.75, 3.05) is 18.9 Å². The van der Waals surface area contributed by atoms with E-state index in [0.717, 1.165) is 0 Å². The highest BCUT2D eigenvalue weighted by molar-refractivity contribution is 5.96. The number of pyridine rings is 1. The SMILES string of the molecule is CN1CC(C(=O)Nc2cccnc2)CC1=O. The highest BCUT2D eigenvalue weighted by Gasteiger charge is 2.31. The maximum Gasteiger partial charge on any atom is 0.229 e. The Kier molecular flexibility index (Phi) is 2.85. The van der Waals surface area contributed by atoms with Gasteiger partial charge in [-0.3, -0.25) is 14.6 Å². The van der Waals surface area contributed by atoms with Gasteiger partial charge in [-0.1, -0.05) is 0 Å². The van der Waals surface area contributed by atoms with Crippen molar-refractivity contribution in [1.29, 1.82) is 0 Å². The van der Waals surface area contributed by atoms with Gasteiger partial charge in [-0.05, 0) is 12.1 Å². The Morgan fingerprint density at radius 2 is 2.44 bits per heavy atom. The number of anilines is 1. The molecule has 0 saturated carbocycles.